The van der Waals surface area contributed by atoms with Gasteiger partial charge in [-0.25, -0.2) is 1.37 Å². The molecule has 0 aromatic heterocycles. The van der Waals surface area contributed by atoms with Gasteiger partial charge in [-0.3, -0.25) is 0 Å². The minimum Gasteiger partial charge on any atom is -0.358 e. The summed E-state index contributed by atoms with van der Waals surface area (Å²) in [5.74, 6) is 0. The Morgan fingerprint density at radius 3 is 1.33 bits per heavy atom. The van der Waals surface area contributed by atoms with Crippen molar-refractivity contribution in [2.75, 3.05) is 0 Å². The summed E-state index contributed by atoms with van der Waals surface area (Å²) >= 11 is 0. The van der Waals surface area contributed by atoms with Gasteiger partial charge in [-0.05, 0) is 0 Å². The van der Waals surface area contributed by atoms with Gasteiger partial charge in [0.05, 0.1) is 0 Å². The standard InChI is InChI=1S/C3H9Si.CH3.Os/c1-4(2)3;;/h1-3H3;1H3;/q;-1;+1/i;1D;. The molecule has 0 heterocycles. The Labute approximate surface area is 57.4 Å². The van der Waals surface area contributed by atoms with Gasteiger partial charge in [-0.1, -0.05) is 19.6 Å². The predicted molar refractivity (Wildman–Crippen MR) is 29.8 cm³/mol. The van der Waals surface area contributed by atoms with Crippen LogP contribution in [-0.4, -0.2) is 8.80 Å². The quantitative estimate of drug-likeness (QED) is 0.469. The van der Waals surface area contributed by atoms with E-state index in [9.17, 15) is 0 Å². The second-order valence-electron chi connectivity index (χ2n) is 1.50. The van der Waals surface area contributed by atoms with E-state index in [4.69, 9.17) is 1.37 Å². The summed E-state index contributed by atoms with van der Waals surface area (Å²) in [5.41, 5.74) is 0. The van der Waals surface area contributed by atoms with Gasteiger partial charge in [0.2, 0.25) is 0 Å². The van der Waals surface area contributed by atoms with Gasteiger partial charge in [-0.2, -0.15) is 0 Å². The third-order valence-electron chi connectivity index (χ3n) is 0. The maximum absolute atomic E-state index is 5.50. The van der Waals surface area contributed by atoms with Crippen LogP contribution in [0.4, 0.5) is 0 Å². The molecule has 0 fully saturated rings. The van der Waals surface area contributed by atoms with Crippen molar-refractivity contribution < 1.29 is 21.2 Å². The van der Waals surface area contributed by atoms with Gasteiger partial charge >= 0.3 is 19.8 Å². The SMILES string of the molecule is C[Si](C)C.[2H][CH2-].[Os+]. The molecule has 0 spiro atoms. The first-order chi connectivity index (χ1) is 2.73. The molecule has 0 aliphatic carbocycles. The fourth-order valence-corrected chi connectivity index (χ4v) is 0. The topological polar surface area (TPSA) is 0 Å². The van der Waals surface area contributed by atoms with E-state index in [1.165, 1.54) is 0 Å². The number of hydrogen-bond acceptors (Lipinski definition) is 0. The molecule has 0 nitrogen and oxygen atoms in total. The first kappa shape index (κ1) is 9.97. The van der Waals surface area contributed by atoms with Crippen molar-refractivity contribution in [3.8, 4) is 0 Å². The molecule has 0 atom stereocenters. The van der Waals surface area contributed by atoms with Crippen LogP contribution in [0.5, 0.6) is 0 Å². The maximum Gasteiger partial charge on any atom is 1.00 e. The normalized spacial score (nSPS) is 7.17. The van der Waals surface area contributed by atoms with E-state index < -0.39 is 0 Å². The molecule has 0 rings (SSSR count). The molecule has 0 aliphatic heterocycles. The zero-order valence-electron chi connectivity index (χ0n) is 5.56. The predicted octanol–water partition coefficient (Wildman–Crippen LogP) is 1.82. The van der Waals surface area contributed by atoms with Crippen LogP contribution in [-0.2, 0) is 19.8 Å². The van der Waals surface area contributed by atoms with Crippen molar-refractivity contribution in [1.29, 1.82) is 0 Å². The molecule has 40 valence electrons. The van der Waals surface area contributed by atoms with Crippen molar-refractivity contribution in [3.05, 3.63) is 7.40 Å². The maximum atomic E-state index is 5.50. The molecule has 6 heavy (non-hydrogen) atoms. The molecule has 0 saturated carbocycles. The van der Waals surface area contributed by atoms with Crippen LogP contribution in [0, 0.1) is 7.40 Å². The molecular weight excluding hydrogens is 266 g/mol. The summed E-state index contributed by atoms with van der Waals surface area (Å²) in [6.45, 7) is 6.81. The Hall–Kier alpha value is 0.853. The summed E-state index contributed by atoms with van der Waals surface area (Å²) in [6.07, 6.45) is 0. The Balaban J connectivity index is -0.0000000480. The van der Waals surface area contributed by atoms with Gasteiger partial charge < -0.3 is 7.40 Å². The molecule has 2 heteroatoms. The van der Waals surface area contributed by atoms with E-state index in [-0.39, 0.29) is 28.6 Å². The molecule has 0 aromatic rings. The summed E-state index contributed by atoms with van der Waals surface area (Å²) in [6, 6.07) is 0. The summed E-state index contributed by atoms with van der Waals surface area (Å²) in [4.78, 5) is 0. The summed E-state index contributed by atoms with van der Waals surface area (Å²) in [7, 11) is 2.62. The zero-order valence-corrected chi connectivity index (χ0v) is 8.10. The van der Waals surface area contributed by atoms with Crippen molar-refractivity contribution in [1.82, 2.24) is 0 Å². The van der Waals surface area contributed by atoms with E-state index in [2.05, 4.69) is 27.0 Å². The molecular formula is C4H12OsSi. The number of rotatable bonds is 0. The average Bonchev–Trinajstić information content (AvgIpc) is 1.41. The molecule has 0 aliphatic rings. The first-order valence-corrected chi connectivity index (χ1v) is 4.50. The van der Waals surface area contributed by atoms with Crippen molar-refractivity contribution in [2.45, 2.75) is 19.6 Å². The summed E-state index contributed by atoms with van der Waals surface area (Å²) in [5, 5.41) is 0. The van der Waals surface area contributed by atoms with Crippen molar-refractivity contribution >= 4 is 8.80 Å². The second-order valence-corrected chi connectivity index (χ2v) is 4.50. The van der Waals surface area contributed by atoms with Crippen LogP contribution >= 0.6 is 0 Å². The van der Waals surface area contributed by atoms with Gasteiger partial charge in [0, 0.05) is 8.80 Å². The average molecular weight is 279 g/mol. The molecule has 0 unspecified atom stereocenters. The Kier molecular flexibility index (Phi) is 15.4. The van der Waals surface area contributed by atoms with E-state index in [1.807, 2.05) is 0 Å². The molecule has 0 bridgehead atoms. The van der Waals surface area contributed by atoms with Crippen LogP contribution in [0.15, 0.2) is 0 Å². The van der Waals surface area contributed by atoms with Gasteiger partial charge in [0.25, 0.3) is 0 Å². The molecule has 2 radical (unpaired) electrons. The fraction of sp³-hybridized carbons (Fsp3) is 0.750. The molecule has 0 aromatic carbocycles. The molecule has 0 N–H and O–H groups in total. The van der Waals surface area contributed by atoms with E-state index in [0.717, 1.165) is 0 Å². The Morgan fingerprint density at radius 2 is 1.33 bits per heavy atom. The second kappa shape index (κ2) is 9.29. The van der Waals surface area contributed by atoms with E-state index >= 15 is 0 Å². The monoisotopic (exact) mass is 281 g/mol. The van der Waals surface area contributed by atoms with E-state index in [0.29, 0.717) is 0 Å². The minimum absolute atomic E-state index is 0. The van der Waals surface area contributed by atoms with Crippen LogP contribution in [0.1, 0.15) is 1.37 Å². The minimum atomic E-state index is 0. The van der Waals surface area contributed by atoms with Gasteiger partial charge in [0.1, 0.15) is 0 Å². The largest absolute Gasteiger partial charge is 1.00 e. The zero-order chi connectivity index (χ0) is 5.58. The number of hydrogen-bond donors (Lipinski definition) is 0. The van der Waals surface area contributed by atoms with Crippen molar-refractivity contribution in [3.63, 3.8) is 0 Å². The van der Waals surface area contributed by atoms with E-state index in [1.54, 1.807) is 0 Å². The Morgan fingerprint density at radius 1 is 1.33 bits per heavy atom. The third-order valence-corrected chi connectivity index (χ3v) is 0. The molecule has 0 amide bonds. The summed E-state index contributed by atoms with van der Waals surface area (Å²) < 4.78 is 5.50. The van der Waals surface area contributed by atoms with Crippen LogP contribution in [0.25, 0.3) is 0 Å². The van der Waals surface area contributed by atoms with Crippen molar-refractivity contribution in [2.24, 2.45) is 0 Å². The smallest absolute Gasteiger partial charge is 0.358 e. The fourth-order valence-electron chi connectivity index (χ4n) is 0. The first-order valence-electron chi connectivity index (χ1n) is 2.21. The Bertz CT molecular complexity index is 16.4. The van der Waals surface area contributed by atoms with Gasteiger partial charge in [-0.15, -0.1) is 0 Å². The van der Waals surface area contributed by atoms with Crippen LogP contribution in [0.3, 0.4) is 0 Å². The van der Waals surface area contributed by atoms with Crippen LogP contribution < -0.4 is 0 Å². The molecule has 0 saturated heterocycles. The van der Waals surface area contributed by atoms with Crippen LogP contribution in [0.2, 0.25) is 19.6 Å². The van der Waals surface area contributed by atoms with Gasteiger partial charge in [0.15, 0.2) is 0 Å². The third kappa shape index (κ3) is 99.0.